The molecule has 1 rings (SSSR count). The topological polar surface area (TPSA) is 78.1 Å². The van der Waals surface area contributed by atoms with Crippen molar-refractivity contribution < 1.29 is 28.5 Å². The van der Waals surface area contributed by atoms with Gasteiger partial charge >= 0.3 is 5.97 Å². The van der Waals surface area contributed by atoms with Crippen LogP contribution >= 0.6 is 0 Å². The van der Waals surface area contributed by atoms with E-state index in [0.717, 1.165) is 0 Å². The van der Waals surface area contributed by atoms with Crippen LogP contribution in [-0.2, 0) is 9.47 Å². The minimum absolute atomic E-state index is 0.128. The molecule has 6 nitrogen and oxygen atoms in total. The molecule has 1 heterocycles. The molecule has 0 aliphatic rings. The number of hydrogen-bond acceptors (Lipinski definition) is 5. The zero-order valence-electron chi connectivity index (χ0n) is 9.68. The summed E-state index contributed by atoms with van der Waals surface area (Å²) in [4.78, 5) is 10.5. The Morgan fingerprint density at radius 1 is 1.29 bits per heavy atom. The Morgan fingerprint density at radius 3 is 2.76 bits per heavy atom. The van der Waals surface area contributed by atoms with Gasteiger partial charge in [-0.15, -0.1) is 0 Å². The Hall–Kier alpha value is -1.53. The smallest absolute Gasteiger partial charge is 0.371 e. The zero-order valence-corrected chi connectivity index (χ0v) is 9.68. The molecule has 96 valence electrons. The van der Waals surface area contributed by atoms with Crippen LogP contribution in [0.5, 0.6) is 5.95 Å². The minimum atomic E-state index is -1.11. The molecule has 0 fully saturated rings. The lowest BCUT2D eigenvalue weighted by Crippen LogP contribution is -2.06. The molecule has 0 unspecified atom stereocenters. The Bertz CT molecular complexity index is 332. The molecule has 0 amide bonds. The van der Waals surface area contributed by atoms with Crippen LogP contribution in [0.1, 0.15) is 17.0 Å². The highest BCUT2D eigenvalue weighted by atomic mass is 16.6. The molecule has 0 radical (unpaired) electrons. The highest BCUT2D eigenvalue weighted by Gasteiger charge is 2.09. The summed E-state index contributed by atoms with van der Waals surface area (Å²) >= 11 is 0. The van der Waals surface area contributed by atoms with Crippen LogP contribution < -0.4 is 4.74 Å². The summed E-state index contributed by atoms with van der Waals surface area (Å²) in [6.07, 6.45) is 0.701. The Kier molecular flexibility index (Phi) is 6.13. The van der Waals surface area contributed by atoms with Crippen molar-refractivity contribution >= 4 is 5.97 Å². The van der Waals surface area contributed by atoms with E-state index in [1.165, 1.54) is 12.1 Å². The van der Waals surface area contributed by atoms with Crippen LogP contribution in [0.3, 0.4) is 0 Å². The lowest BCUT2D eigenvalue weighted by atomic mass is 10.5. The van der Waals surface area contributed by atoms with Gasteiger partial charge in [-0.2, -0.15) is 0 Å². The normalized spacial score (nSPS) is 10.4. The fraction of sp³-hybridized carbons (Fsp3) is 0.545. The summed E-state index contributed by atoms with van der Waals surface area (Å²) in [5, 5.41) is 8.61. The van der Waals surface area contributed by atoms with E-state index in [1.807, 2.05) is 0 Å². The van der Waals surface area contributed by atoms with Gasteiger partial charge in [0.05, 0.1) is 19.8 Å². The Morgan fingerprint density at radius 2 is 2.12 bits per heavy atom. The minimum Gasteiger partial charge on any atom is -0.475 e. The summed E-state index contributed by atoms with van der Waals surface area (Å²) < 4.78 is 20.2. The van der Waals surface area contributed by atoms with E-state index >= 15 is 0 Å². The highest BCUT2D eigenvalue weighted by molar-refractivity contribution is 5.84. The fourth-order valence-corrected chi connectivity index (χ4v) is 1.09. The lowest BCUT2D eigenvalue weighted by molar-refractivity contribution is 0.0609. The molecule has 17 heavy (non-hydrogen) atoms. The maximum absolute atomic E-state index is 10.5. The number of ether oxygens (including phenoxy) is 3. The third-order valence-corrected chi connectivity index (χ3v) is 1.90. The van der Waals surface area contributed by atoms with Crippen molar-refractivity contribution in [3.63, 3.8) is 0 Å². The van der Waals surface area contributed by atoms with Crippen molar-refractivity contribution in [2.75, 3.05) is 33.5 Å². The standard InChI is InChI=1S/C11H16O6/c1-14-7-8-15-5-2-6-16-10-4-3-9(17-10)11(12)13/h3-4H,2,5-8H2,1H3,(H,12,13). The molecule has 0 atom stereocenters. The van der Waals surface area contributed by atoms with E-state index in [4.69, 9.17) is 23.7 Å². The molecule has 0 aliphatic heterocycles. The maximum atomic E-state index is 10.5. The molecule has 1 N–H and O–H groups in total. The first-order valence-corrected chi connectivity index (χ1v) is 5.26. The van der Waals surface area contributed by atoms with Crippen LogP contribution in [0.4, 0.5) is 0 Å². The quantitative estimate of drug-likeness (QED) is 0.662. The first-order valence-electron chi connectivity index (χ1n) is 5.26. The number of furan rings is 1. The van der Waals surface area contributed by atoms with Gasteiger partial charge in [-0.3, -0.25) is 0 Å². The molecule has 0 aromatic carbocycles. The van der Waals surface area contributed by atoms with Gasteiger partial charge in [0.2, 0.25) is 5.76 Å². The van der Waals surface area contributed by atoms with E-state index in [1.54, 1.807) is 7.11 Å². The van der Waals surface area contributed by atoms with Gasteiger partial charge < -0.3 is 23.7 Å². The molecule has 0 saturated carbocycles. The molecular weight excluding hydrogens is 228 g/mol. The van der Waals surface area contributed by atoms with E-state index in [-0.39, 0.29) is 11.7 Å². The second-order valence-electron chi connectivity index (χ2n) is 3.23. The first kappa shape index (κ1) is 13.5. The largest absolute Gasteiger partial charge is 0.475 e. The summed E-state index contributed by atoms with van der Waals surface area (Å²) in [5.74, 6) is -1.03. The Balaban J connectivity index is 2.07. The van der Waals surface area contributed by atoms with Gasteiger partial charge in [-0.1, -0.05) is 0 Å². The molecule has 1 aromatic heterocycles. The van der Waals surface area contributed by atoms with Crippen molar-refractivity contribution in [1.29, 1.82) is 0 Å². The fourth-order valence-electron chi connectivity index (χ4n) is 1.09. The van der Waals surface area contributed by atoms with Crippen LogP contribution in [0.15, 0.2) is 16.5 Å². The van der Waals surface area contributed by atoms with Crippen molar-refractivity contribution in [3.8, 4) is 5.95 Å². The SMILES string of the molecule is COCCOCCCOc1ccc(C(=O)O)o1. The van der Waals surface area contributed by atoms with Gasteiger partial charge in [0.1, 0.15) is 0 Å². The molecule has 0 spiro atoms. The Labute approximate surface area is 99.1 Å². The number of aromatic carboxylic acids is 1. The van der Waals surface area contributed by atoms with E-state index < -0.39 is 5.97 Å². The average Bonchev–Trinajstić information content (AvgIpc) is 2.77. The monoisotopic (exact) mass is 244 g/mol. The van der Waals surface area contributed by atoms with Crippen molar-refractivity contribution in [2.24, 2.45) is 0 Å². The molecule has 0 saturated heterocycles. The summed E-state index contributed by atoms with van der Waals surface area (Å²) in [7, 11) is 1.61. The second kappa shape index (κ2) is 7.70. The van der Waals surface area contributed by atoms with Gasteiger partial charge in [0.15, 0.2) is 0 Å². The van der Waals surface area contributed by atoms with Crippen molar-refractivity contribution in [2.45, 2.75) is 6.42 Å². The number of rotatable bonds is 9. The first-order chi connectivity index (χ1) is 8.24. The number of methoxy groups -OCH3 is 1. The van der Waals surface area contributed by atoms with Crippen LogP contribution in [0, 0.1) is 0 Å². The van der Waals surface area contributed by atoms with E-state index in [9.17, 15) is 4.79 Å². The summed E-state index contributed by atoms with van der Waals surface area (Å²) in [5.41, 5.74) is 0. The van der Waals surface area contributed by atoms with E-state index in [0.29, 0.717) is 32.8 Å². The molecule has 1 aromatic rings. The van der Waals surface area contributed by atoms with Gasteiger partial charge in [0.25, 0.3) is 5.95 Å². The average molecular weight is 244 g/mol. The summed E-state index contributed by atoms with van der Waals surface area (Å²) in [6, 6.07) is 2.84. The molecular formula is C11H16O6. The van der Waals surface area contributed by atoms with Crippen molar-refractivity contribution in [3.05, 3.63) is 17.9 Å². The highest BCUT2D eigenvalue weighted by Crippen LogP contribution is 2.15. The predicted octanol–water partition coefficient (Wildman–Crippen LogP) is 1.41. The van der Waals surface area contributed by atoms with Crippen LogP contribution in [0.25, 0.3) is 0 Å². The number of carboxylic acids is 1. The third kappa shape index (κ3) is 5.37. The van der Waals surface area contributed by atoms with Gasteiger partial charge in [-0.25, -0.2) is 4.79 Å². The second-order valence-corrected chi connectivity index (χ2v) is 3.23. The van der Waals surface area contributed by atoms with Gasteiger partial charge in [0, 0.05) is 26.2 Å². The zero-order chi connectivity index (χ0) is 12.5. The van der Waals surface area contributed by atoms with Crippen molar-refractivity contribution in [1.82, 2.24) is 0 Å². The third-order valence-electron chi connectivity index (χ3n) is 1.90. The van der Waals surface area contributed by atoms with Crippen LogP contribution in [-0.4, -0.2) is 44.6 Å². The molecule has 0 aliphatic carbocycles. The lowest BCUT2D eigenvalue weighted by Gasteiger charge is -2.04. The summed E-state index contributed by atoms with van der Waals surface area (Å²) in [6.45, 7) is 2.11. The predicted molar refractivity (Wildman–Crippen MR) is 58.5 cm³/mol. The molecule has 6 heteroatoms. The number of carbonyl (C=O) groups is 1. The van der Waals surface area contributed by atoms with Crippen LogP contribution in [0.2, 0.25) is 0 Å². The number of carboxylic acid groups (broad SMARTS) is 1. The number of hydrogen-bond donors (Lipinski definition) is 1. The van der Waals surface area contributed by atoms with E-state index in [2.05, 4.69) is 0 Å². The van der Waals surface area contributed by atoms with Gasteiger partial charge in [-0.05, 0) is 6.07 Å². The molecule has 0 bridgehead atoms. The maximum Gasteiger partial charge on any atom is 0.371 e.